The number of para-hydroxylation sites is 1. The first-order valence-corrected chi connectivity index (χ1v) is 14.9. The molecule has 0 N–H and O–H groups in total. The third-order valence-corrected chi connectivity index (χ3v) is 8.19. The summed E-state index contributed by atoms with van der Waals surface area (Å²) in [5, 5.41) is 13.8. The van der Waals surface area contributed by atoms with Crippen LogP contribution in [0.25, 0.3) is 10.9 Å². The number of benzene rings is 2. The topological polar surface area (TPSA) is 63.0 Å². The van der Waals surface area contributed by atoms with Crippen LogP contribution in [0.1, 0.15) is 73.3 Å². The smallest absolute Gasteiger partial charge is 0.356 e. The van der Waals surface area contributed by atoms with E-state index in [1.807, 2.05) is 4.90 Å². The lowest BCUT2D eigenvalue weighted by Crippen LogP contribution is -2.32. The molecule has 2 heterocycles. The molecule has 6 rings (SSSR count). The zero-order valence-corrected chi connectivity index (χ0v) is 24.7. The highest BCUT2D eigenvalue weighted by Gasteiger charge is 2.33. The Morgan fingerprint density at radius 2 is 1.67 bits per heavy atom. The zero-order valence-electron chi connectivity index (χ0n) is 24.7. The predicted molar refractivity (Wildman–Crippen MR) is 158 cm³/mol. The van der Waals surface area contributed by atoms with Crippen molar-refractivity contribution in [2.45, 2.75) is 71.6 Å². The Balaban J connectivity index is 1.44. The van der Waals surface area contributed by atoms with E-state index in [0.717, 1.165) is 35.4 Å². The third-order valence-electron chi connectivity index (χ3n) is 8.19. The van der Waals surface area contributed by atoms with Crippen molar-refractivity contribution in [1.29, 1.82) is 0 Å². The molecule has 2 aromatic carbocycles. The number of hydrogen-bond acceptors (Lipinski definition) is 6. The minimum absolute atomic E-state index is 0.200. The van der Waals surface area contributed by atoms with Crippen LogP contribution in [-0.4, -0.2) is 38.3 Å². The van der Waals surface area contributed by atoms with E-state index in [0.29, 0.717) is 41.4 Å². The number of fused-ring (bicyclic) bond motifs is 1. The zero-order chi connectivity index (χ0) is 29.6. The average molecular weight is 578 g/mol. The summed E-state index contributed by atoms with van der Waals surface area (Å²) >= 11 is 0. The van der Waals surface area contributed by atoms with Crippen LogP contribution in [0.4, 0.5) is 24.9 Å². The molecule has 2 aliphatic rings. The molecule has 2 aromatic heterocycles. The number of hydrogen-bond donors (Lipinski definition) is 0. The van der Waals surface area contributed by atoms with Crippen LogP contribution in [0.15, 0.2) is 42.5 Å². The molecule has 0 unspecified atom stereocenters. The van der Waals surface area contributed by atoms with Crippen LogP contribution in [0.3, 0.4) is 0 Å². The Kier molecular flexibility index (Phi) is 7.57. The highest BCUT2D eigenvalue weighted by atomic mass is 19.4. The van der Waals surface area contributed by atoms with E-state index in [4.69, 9.17) is 4.98 Å². The number of anilines is 2. The van der Waals surface area contributed by atoms with Crippen molar-refractivity contribution < 1.29 is 13.2 Å². The minimum Gasteiger partial charge on any atom is -0.356 e. The lowest BCUT2D eigenvalue weighted by molar-refractivity contribution is -0.137. The molecule has 2 saturated carbocycles. The SMILES string of the molecule is Cc1cc(CN(Cc2cc3cccc(C(C)C)c3nc2N(CC2CC2)CC2CC2)c2nnn(C)n2)cc(C(F)(F)F)c1. The quantitative estimate of drug-likeness (QED) is 0.191. The third kappa shape index (κ3) is 6.52. The van der Waals surface area contributed by atoms with Gasteiger partial charge in [-0.1, -0.05) is 48.8 Å². The summed E-state index contributed by atoms with van der Waals surface area (Å²) in [6, 6.07) is 12.7. The maximum Gasteiger partial charge on any atom is 0.416 e. The summed E-state index contributed by atoms with van der Waals surface area (Å²) < 4.78 is 41.1. The summed E-state index contributed by atoms with van der Waals surface area (Å²) in [4.78, 5) is 11.1. The first kappa shape index (κ1) is 28.4. The fraction of sp³-hybridized carbons (Fsp3) is 0.500. The number of rotatable bonds is 11. The molecule has 0 aliphatic heterocycles. The van der Waals surface area contributed by atoms with Crippen molar-refractivity contribution in [2.24, 2.45) is 18.9 Å². The Labute approximate surface area is 244 Å². The van der Waals surface area contributed by atoms with Crippen LogP contribution in [0, 0.1) is 18.8 Å². The van der Waals surface area contributed by atoms with Crippen molar-refractivity contribution >= 4 is 22.7 Å². The number of pyridine rings is 1. The number of aromatic nitrogens is 5. The van der Waals surface area contributed by atoms with E-state index in [1.54, 1.807) is 20.0 Å². The normalized spacial score (nSPS) is 15.5. The van der Waals surface area contributed by atoms with Crippen molar-refractivity contribution in [3.8, 4) is 0 Å². The highest BCUT2D eigenvalue weighted by molar-refractivity contribution is 5.85. The van der Waals surface area contributed by atoms with Gasteiger partial charge in [0.15, 0.2) is 0 Å². The Bertz CT molecular complexity index is 1560. The van der Waals surface area contributed by atoms with E-state index in [-0.39, 0.29) is 6.54 Å². The van der Waals surface area contributed by atoms with Crippen LogP contribution >= 0.6 is 0 Å². The standard InChI is InChI=1S/C32H38F3N7/c1-20(2)28-7-5-6-25-15-26(30(36-29(25)28)41(16-22-8-9-22)17-23-10-11-23)19-42(31-37-39-40(4)38-31)18-24-12-21(3)13-27(14-24)32(33,34)35/h5-7,12-15,20,22-23H,8-11,16-19H2,1-4H3. The molecule has 0 radical (unpaired) electrons. The number of halogens is 3. The van der Waals surface area contributed by atoms with Gasteiger partial charge in [-0.15, -0.1) is 5.10 Å². The van der Waals surface area contributed by atoms with Gasteiger partial charge in [-0.05, 0) is 84.9 Å². The molecule has 0 amide bonds. The maximum atomic E-state index is 13.7. The van der Waals surface area contributed by atoms with Crippen LogP contribution in [-0.2, 0) is 26.3 Å². The van der Waals surface area contributed by atoms with Crippen molar-refractivity contribution in [3.63, 3.8) is 0 Å². The number of tetrazole rings is 1. The summed E-state index contributed by atoms with van der Waals surface area (Å²) in [6.45, 7) is 8.60. The molecular weight excluding hydrogens is 539 g/mol. The van der Waals surface area contributed by atoms with Gasteiger partial charge in [0, 0.05) is 37.1 Å². The molecule has 4 aromatic rings. The second-order valence-electron chi connectivity index (χ2n) is 12.5. The Morgan fingerprint density at radius 3 is 2.26 bits per heavy atom. The Hall–Kier alpha value is -3.69. The van der Waals surface area contributed by atoms with Gasteiger partial charge >= 0.3 is 6.18 Å². The molecule has 42 heavy (non-hydrogen) atoms. The fourth-order valence-corrected chi connectivity index (χ4v) is 5.72. The van der Waals surface area contributed by atoms with Gasteiger partial charge in [0.25, 0.3) is 5.95 Å². The van der Waals surface area contributed by atoms with Crippen molar-refractivity contribution in [1.82, 2.24) is 25.2 Å². The van der Waals surface area contributed by atoms with Gasteiger partial charge in [0.05, 0.1) is 18.1 Å². The van der Waals surface area contributed by atoms with Crippen LogP contribution in [0.5, 0.6) is 0 Å². The fourth-order valence-electron chi connectivity index (χ4n) is 5.72. The molecular formula is C32H38F3N7. The Morgan fingerprint density at radius 1 is 0.952 bits per heavy atom. The van der Waals surface area contributed by atoms with Gasteiger partial charge in [0.2, 0.25) is 0 Å². The monoisotopic (exact) mass is 577 g/mol. The molecule has 2 aliphatic carbocycles. The molecule has 0 bridgehead atoms. The number of aryl methyl sites for hydroxylation is 2. The first-order chi connectivity index (χ1) is 20.0. The molecule has 2 fully saturated rings. The predicted octanol–water partition coefficient (Wildman–Crippen LogP) is 7.04. The second kappa shape index (κ2) is 11.2. The first-order valence-electron chi connectivity index (χ1n) is 14.9. The minimum atomic E-state index is -4.42. The molecule has 222 valence electrons. The molecule has 0 spiro atoms. The summed E-state index contributed by atoms with van der Waals surface area (Å²) in [7, 11) is 1.69. The van der Waals surface area contributed by atoms with Gasteiger partial charge in [-0.2, -0.15) is 18.0 Å². The van der Waals surface area contributed by atoms with E-state index in [2.05, 4.69) is 58.4 Å². The van der Waals surface area contributed by atoms with E-state index in [9.17, 15) is 13.2 Å². The van der Waals surface area contributed by atoms with Crippen molar-refractivity contribution in [2.75, 3.05) is 22.9 Å². The lowest BCUT2D eigenvalue weighted by atomic mass is 9.98. The van der Waals surface area contributed by atoms with Gasteiger partial charge in [-0.3, -0.25) is 0 Å². The maximum absolute atomic E-state index is 13.7. The number of nitrogens with zero attached hydrogens (tertiary/aromatic N) is 7. The molecule has 7 nitrogen and oxygen atoms in total. The summed E-state index contributed by atoms with van der Waals surface area (Å²) in [6.07, 6.45) is 0.543. The lowest BCUT2D eigenvalue weighted by Gasteiger charge is -2.29. The highest BCUT2D eigenvalue weighted by Crippen LogP contribution is 2.38. The summed E-state index contributed by atoms with van der Waals surface area (Å²) in [5.41, 5.74) is 3.69. The molecule has 10 heteroatoms. The van der Waals surface area contributed by atoms with Gasteiger partial charge in [0.1, 0.15) is 5.82 Å². The van der Waals surface area contributed by atoms with Crippen LogP contribution < -0.4 is 9.80 Å². The second-order valence-corrected chi connectivity index (χ2v) is 12.5. The van der Waals surface area contributed by atoms with E-state index < -0.39 is 11.7 Å². The summed E-state index contributed by atoms with van der Waals surface area (Å²) in [5.74, 6) is 3.01. The number of alkyl halides is 3. The largest absolute Gasteiger partial charge is 0.416 e. The molecule has 0 saturated heterocycles. The van der Waals surface area contributed by atoms with Gasteiger partial charge < -0.3 is 9.80 Å². The van der Waals surface area contributed by atoms with Gasteiger partial charge in [-0.25, -0.2) is 4.98 Å². The van der Waals surface area contributed by atoms with E-state index in [1.165, 1.54) is 48.2 Å². The van der Waals surface area contributed by atoms with Crippen molar-refractivity contribution in [3.05, 3.63) is 70.3 Å². The van der Waals surface area contributed by atoms with Crippen LogP contribution in [0.2, 0.25) is 0 Å². The van der Waals surface area contributed by atoms with E-state index >= 15 is 0 Å². The average Bonchev–Trinajstić information content (AvgIpc) is 3.86. The molecule has 0 atom stereocenters.